The number of aromatic nitrogens is 2. The molecule has 0 bridgehead atoms. The summed E-state index contributed by atoms with van der Waals surface area (Å²) in [7, 11) is 4.02. The summed E-state index contributed by atoms with van der Waals surface area (Å²) in [5.74, 6) is -0.400. The summed E-state index contributed by atoms with van der Waals surface area (Å²) in [5, 5.41) is 5.64. The molecule has 1 aromatic heterocycles. The summed E-state index contributed by atoms with van der Waals surface area (Å²) in [4.78, 5) is 22.2. The zero-order valence-corrected chi connectivity index (χ0v) is 13.2. The molecule has 1 heterocycles. The Hall–Kier alpha value is -2.54. The molecule has 122 valence electrons. The lowest BCUT2D eigenvalue weighted by Crippen LogP contribution is -2.18. The fraction of sp³-hybridized carbons (Fsp3) is 0.312. The Bertz CT molecular complexity index is 662. The summed E-state index contributed by atoms with van der Waals surface area (Å²) < 4.78 is 13.6. The van der Waals surface area contributed by atoms with Crippen LogP contribution in [0.4, 0.5) is 15.9 Å². The van der Waals surface area contributed by atoms with E-state index in [1.807, 2.05) is 14.1 Å². The van der Waals surface area contributed by atoms with Crippen LogP contribution in [0.1, 0.15) is 16.9 Å². The van der Waals surface area contributed by atoms with Gasteiger partial charge >= 0.3 is 0 Å². The van der Waals surface area contributed by atoms with Crippen molar-refractivity contribution in [3.8, 4) is 0 Å². The molecule has 0 saturated heterocycles. The predicted octanol–water partition coefficient (Wildman–Crippen LogP) is 2.23. The van der Waals surface area contributed by atoms with Crippen molar-refractivity contribution < 1.29 is 9.18 Å². The van der Waals surface area contributed by atoms with Gasteiger partial charge in [0.25, 0.3) is 5.91 Å². The second-order valence-electron chi connectivity index (χ2n) is 5.31. The van der Waals surface area contributed by atoms with Crippen molar-refractivity contribution in [3.05, 3.63) is 48.2 Å². The number of amides is 1. The fourth-order valence-corrected chi connectivity index (χ4v) is 1.94. The Morgan fingerprint density at radius 1 is 1.26 bits per heavy atom. The first-order chi connectivity index (χ1) is 11.1. The SMILES string of the molecule is CN(C)CCCNc1cc(C(=O)Nc2ccccc2F)ncn1. The first-order valence-electron chi connectivity index (χ1n) is 7.33. The number of carbonyl (C=O) groups is 1. The second kappa shape index (κ2) is 8.19. The van der Waals surface area contributed by atoms with Crippen LogP contribution in [-0.2, 0) is 0 Å². The van der Waals surface area contributed by atoms with Crippen LogP contribution in [0.3, 0.4) is 0 Å². The summed E-state index contributed by atoms with van der Waals surface area (Å²) in [6, 6.07) is 7.54. The number of halogens is 1. The number of hydrogen-bond donors (Lipinski definition) is 2. The highest BCUT2D eigenvalue weighted by Crippen LogP contribution is 2.14. The molecule has 0 aliphatic carbocycles. The van der Waals surface area contributed by atoms with Gasteiger partial charge in [-0.15, -0.1) is 0 Å². The molecule has 0 spiro atoms. The van der Waals surface area contributed by atoms with Crippen molar-refractivity contribution >= 4 is 17.4 Å². The molecule has 23 heavy (non-hydrogen) atoms. The zero-order valence-electron chi connectivity index (χ0n) is 13.2. The maximum absolute atomic E-state index is 13.6. The van der Waals surface area contributed by atoms with E-state index in [1.54, 1.807) is 18.2 Å². The van der Waals surface area contributed by atoms with Crippen LogP contribution in [0.2, 0.25) is 0 Å². The number of hydrogen-bond acceptors (Lipinski definition) is 5. The van der Waals surface area contributed by atoms with Crippen LogP contribution >= 0.6 is 0 Å². The molecule has 0 radical (unpaired) electrons. The first-order valence-corrected chi connectivity index (χ1v) is 7.33. The quantitative estimate of drug-likeness (QED) is 0.766. The van der Waals surface area contributed by atoms with Gasteiger partial charge in [0.2, 0.25) is 0 Å². The average molecular weight is 317 g/mol. The molecule has 0 aliphatic rings. The predicted molar refractivity (Wildman–Crippen MR) is 88.0 cm³/mol. The van der Waals surface area contributed by atoms with E-state index in [2.05, 4.69) is 25.5 Å². The van der Waals surface area contributed by atoms with Gasteiger partial charge in [0.15, 0.2) is 0 Å². The number of rotatable bonds is 7. The monoisotopic (exact) mass is 317 g/mol. The summed E-state index contributed by atoms with van der Waals surface area (Å²) in [5.41, 5.74) is 0.301. The van der Waals surface area contributed by atoms with E-state index in [0.717, 1.165) is 19.5 Å². The molecule has 2 aromatic rings. The van der Waals surface area contributed by atoms with Crippen LogP contribution in [0, 0.1) is 5.82 Å². The van der Waals surface area contributed by atoms with Crippen molar-refractivity contribution in [3.63, 3.8) is 0 Å². The van der Waals surface area contributed by atoms with E-state index < -0.39 is 11.7 Å². The molecule has 0 atom stereocenters. The molecule has 0 aliphatic heterocycles. The van der Waals surface area contributed by atoms with E-state index in [1.165, 1.54) is 18.5 Å². The molecule has 2 rings (SSSR count). The minimum atomic E-state index is -0.489. The van der Waals surface area contributed by atoms with Crippen molar-refractivity contribution in [1.29, 1.82) is 0 Å². The third kappa shape index (κ3) is 5.30. The Labute approximate surface area is 134 Å². The van der Waals surface area contributed by atoms with Crippen LogP contribution in [-0.4, -0.2) is 48.0 Å². The first kappa shape index (κ1) is 16.8. The van der Waals surface area contributed by atoms with Gasteiger partial charge in [0, 0.05) is 12.6 Å². The van der Waals surface area contributed by atoms with Crippen molar-refractivity contribution in [1.82, 2.24) is 14.9 Å². The maximum Gasteiger partial charge on any atom is 0.274 e. The van der Waals surface area contributed by atoms with Crippen LogP contribution < -0.4 is 10.6 Å². The molecule has 0 saturated carbocycles. The Morgan fingerprint density at radius 2 is 2.04 bits per heavy atom. The van der Waals surface area contributed by atoms with Crippen molar-refractivity contribution in [2.45, 2.75) is 6.42 Å². The molecule has 7 heteroatoms. The highest BCUT2D eigenvalue weighted by atomic mass is 19.1. The van der Waals surface area contributed by atoms with Gasteiger partial charge in [0.05, 0.1) is 5.69 Å². The number of carbonyl (C=O) groups excluding carboxylic acids is 1. The van der Waals surface area contributed by atoms with Crippen molar-refractivity contribution in [2.24, 2.45) is 0 Å². The van der Waals surface area contributed by atoms with Crippen LogP contribution in [0.15, 0.2) is 36.7 Å². The third-order valence-corrected chi connectivity index (χ3v) is 3.11. The van der Waals surface area contributed by atoms with Gasteiger partial charge < -0.3 is 15.5 Å². The molecule has 2 N–H and O–H groups in total. The molecule has 1 amide bonds. The van der Waals surface area contributed by atoms with Gasteiger partial charge in [-0.2, -0.15) is 0 Å². The van der Waals surface area contributed by atoms with Gasteiger partial charge in [-0.1, -0.05) is 12.1 Å². The molecule has 0 fully saturated rings. The molecular formula is C16H20FN5O. The van der Waals surface area contributed by atoms with Gasteiger partial charge in [0.1, 0.15) is 23.7 Å². The normalized spacial score (nSPS) is 10.6. The third-order valence-electron chi connectivity index (χ3n) is 3.11. The molecule has 0 unspecified atom stereocenters. The molecule has 6 nitrogen and oxygen atoms in total. The van der Waals surface area contributed by atoms with E-state index in [-0.39, 0.29) is 11.4 Å². The van der Waals surface area contributed by atoms with E-state index in [4.69, 9.17) is 0 Å². The number of benzene rings is 1. The molecule has 1 aromatic carbocycles. The topological polar surface area (TPSA) is 70.2 Å². The minimum absolute atomic E-state index is 0.122. The largest absolute Gasteiger partial charge is 0.370 e. The van der Waals surface area contributed by atoms with E-state index in [9.17, 15) is 9.18 Å². The lowest BCUT2D eigenvalue weighted by atomic mass is 10.3. The highest BCUT2D eigenvalue weighted by molar-refractivity contribution is 6.03. The minimum Gasteiger partial charge on any atom is -0.370 e. The number of para-hydroxylation sites is 1. The van der Waals surface area contributed by atoms with Gasteiger partial charge in [-0.05, 0) is 39.2 Å². The fourth-order valence-electron chi connectivity index (χ4n) is 1.94. The lowest BCUT2D eigenvalue weighted by Gasteiger charge is -2.10. The Morgan fingerprint density at radius 3 is 2.78 bits per heavy atom. The Kier molecular flexibility index (Phi) is 5.99. The molecular weight excluding hydrogens is 297 g/mol. The number of nitrogens with one attached hydrogen (secondary N) is 2. The van der Waals surface area contributed by atoms with Gasteiger partial charge in [-0.25, -0.2) is 14.4 Å². The van der Waals surface area contributed by atoms with Crippen LogP contribution in [0.25, 0.3) is 0 Å². The summed E-state index contributed by atoms with van der Waals surface area (Å²) in [6.07, 6.45) is 2.26. The van der Waals surface area contributed by atoms with E-state index >= 15 is 0 Å². The van der Waals surface area contributed by atoms with Gasteiger partial charge in [-0.3, -0.25) is 4.79 Å². The number of nitrogens with zero attached hydrogens (tertiary/aromatic N) is 3. The summed E-state index contributed by atoms with van der Waals surface area (Å²) >= 11 is 0. The zero-order chi connectivity index (χ0) is 16.7. The van der Waals surface area contributed by atoms with Crippen molar-refractivity contribution in [2.75, 3.05) is 37.8 Å². The Balaban J connectivity index is 1.96. The van der Waals surface area contributed by atoms with E-state index in [0.29, 0.717) is 5.82 Å². The number of anilines is 2. The van der Waals surface area contributed by atoms with Crippen LogP contribution in [0.5, 0.6) is 0 Å². The smallest absolute Gasteiger partial charge is 0.274 e. The maximum atomic E-state index is 13.6. The second-order valence-corrected chi connectivity index (χ2v) is 5.31. The average Bonchev–Trinajstić information content (AvgIpc) is 2.54. The standard InChI is InChI=1S/C16H20FN5O/c1-22(2)9-5-8-18-15-10-14(19-11-20-15)16(23)21-13-7-4-3-6-12(13)17/h3-4,6-7,10-11H,5,8-9H2,1-2H3,(H,21,23)(H,18,19,20). The lowest BCUT2D eigenvalue weighted by molar-refractivity contribution is 0.102. The highest BCUT2D eigenvalue weighted by Gasteiger charge is 2.11. The summed E-state index contributed by atoms with van der Waals surface area (Å²) in [6.45, 7) is 1.70.